The molecule has 6 nitrogen and oxygen atoms in total. The molecule has 0 radical (unpaired) electrons. The van der Waals surface area contributed by atoms with Crippen LogP contribution in [0.3, 0.4) is 0 Å². The monoisotopic (exact) mass is 381 g/mol. The summed E-state index contributed by atoms with van der Waals surface area (Å²) in [5, 5.41) is 3.66. The molecular weight excluding hydrogens is 365 g/mol. The molecule has 3 amide bonds. The van der Waals surface area contributed by atoms with E-state index in [-0.39, 0.29) is 29.8 Å². The van der Waals surface area contributed by atoms with Crippen molar-refractivity contribution in [3.8, 4) is 0 Å². The number of halogens is 2. The van der Waals surface area contributed by atoms with Crippen LogP contribution in [0, 0.1) is 0 Å². The van der Waals surface area contributed by atoms with Gasteiger partial charge in [0.05, 0.1) is 0 Å². The maximum Gasteiger partial charge on any atom is 0.251 e. The predicted molar refractivity (Wildman–Crippen MR) is 92.6 cm³/mol. The first kappa shape index (κ1) is 16.7. The van der Waals surface area contributed by atoms with E-state index in [1.165, 1.54) is 12.1 Å². The Balaban J connectivity index is 1.48. The highest BCUT2D eigenvalue weighted by molar-refractivity contribution is 6.35. The Morgan fingerprint density at radius 2 is 1.72 bits per heavy atom. The van der Waals surface area contributed by atoms with E-state index < -0.39 is 6.04 Å². The third kappa shape index (κ3) is 2.87. The molecule has 132 valence electrons. The van der Waals surface area contributed by atoms with Crippen LogP contribution in [-0.2, 0) is 9.59 Å². The van der Waals surface area contributed by atoms with Crippen molar-refractivity contribution in [2.45, 2.75) is 37.4 Å². The fraction of sp³-hybridized carbons (Fsp3) is 0.471. The third-order valence-corrected chi connectivity index (χ3v) is 5.59. The van der Waals surface area contributed by atoms with Gasteiger partial charge in [-0.15, -0.1) is 0 Å². The first-order chi connectivity index (χ1) is 11.9. The smallest absolute Gasteiger partial charge is 0.251 e. The summed E-state index contributed by atoms with van der Waals surface area (Å²) in [6.45, 7) is 1.01. The average Bonchev–Trinajstić information content (AvgIpc) is 3.19. The van der Waals surface area contributed by atoms with Gasteiger partial charge in [-0.2, -0.15) is 0 Å². The summed E-state index contributed by atoms with van der Waals surface area (Å²) in [6.07, 6.45) is 2.04. The number of rotatable bonds is 2. The lowest BCUT2D eigenvalue weighted by Crippen LogP contribution is -2.60. The van der Waals surface area contributed by atoms with Crippen molar-refractivity contribution in [3.05, 3.63) is 33.8 Å². The summed E-state index contributed by atoms with van der Waals surface area (Å²) in [6, 6.07) is 3.60. The van der Waals surface area contributed by atoms with Crippen molar-refractivity contribution in [2.75, 3.05) is 13.1 Å². The number of fused-ring (bicyclic) bond motifs is 2. The Morgan fingerprint density at radius 3 is 2.44 bits per heavy atom. The third-order valence-electron chi connectivity index (χ3n) is 5.15. The van der Waals surface area contributed by atoms with Gasteiger partial charge in [-0.05, 0) is 37.5 Å². The molecule has 0 bridgehead atoms. The highest BCUT2D eigenvalue weighted by Gasteiger charge is 2.51. The molecule has 3 aliphatic rings. The first-order valence-electron chi connectivity index (χ1n) is 8.32. The number of carbonyl (C=O) groups excluding carboxylic acids is 3. The lowest BCUT2D eigenvalue weighted by atomic mass is 10.1. The van der Waals surface area contributed by atoms with E-state index >= 15 is 0 Å². The molecule has 4 rings (SSSR count). The van der Waals surface area contributed by atoms with Gasteiger partial charge in [-0.25, -0.2) is 0 Å². The number of nitrogens with one attached hydrogen (secondary N) is 1. The molecule has 25 heavy (non-hydrogen) atoms. The number of nitrogens with zero attached hydrogens (tertiary/aromatic N) is 2. The van der Waals surface area contributed by atoms with E-state index in [2.05, 4.69) is 5.32 Å². The molecule has 0 unspecified atom stereocenters. The minimum atomic E-state index is -0.463. The van der Waals surface area contributed by atoms with Crippen LogP contribution in [0.15, 0.2) is 18.2 Å². The van der Waals surface area contributed by atoms with Crippen LogP contribution in [0.4, 0.5) is 0 Å². The zero-order chi connectivity index (χ0) is 17.7. The summed E-state index contributed by atoms with van der Waals surface area (Å²) in [4.78, 5) is 41.0. The van der Waals surface area contributed by atoms with Gasteiger partial charge < -0.3 is 15.1 Å². The van der Waals surface area contributed by atoms with Gasteiger partial charge in [-0.1, -0.05) is 23.2 Å². The lowest BCUT2D eigenvalue weighted by Gasteiger charge is -2.38. The molecular formula is C17H17Cl2N3O3. The highest BCUT2D eigenvalue weighted by atomic mass is 35.5. The minimum Gasteiger partial charge on any atom is -0.347 e. The minimum absolute atomic E-state index is 0.00430. The van der Waals surface area contributed by atoms with Crippen LogP contribution in [0.25, 0.3) is 0 Å². The molecule has 3 fully saturated rings. The van der Waals surface area contributed by atoms with E-state index in [1.807, 2.05) is 0 Å². The molecule has 8 heteroatoms. The largest absolute Gasteiger partial charge is 0.347 e. The second kappa shape index (κ2) is 6.18. The van der Waals surface area contributed by atoms with Crippen molar-refractivity contribution >= 4 is 40.9 Å². The van der Waals surface area contributed by atoms with E-state index in [4.69, 9.17) is 23.2 Å². The number of piperazine rings is 1. The topological polar surface area (TPSA) is 69.7 Å². The first-order valence-corrected chi connectivity index (χ1v) is 9.07. The van der Waals surface area contributed by atoms with Crippen LogP contribution in [-0.4, -0.2) is 58.7 Å². The maximum absolute atomic E-state index is 12.6. The Hall–Kier alpha value is -1.79. The summed E-state index contributed by atoms with van der Waals surface area (Å²) >= 11 is 11.9. The van der Waals surface area contributed by atoms with Crippen molar-refractivity contribution in [2.24, 2.45) is 0 Å². The molecule has 3 aliphatic heterocycles. The Kier molecular flexibility index (Phi) is 4.12. The van der Waals surface area contributed by atoms with Crippen LogP contribution in [0.2, 0.25) is 10.0 Å². The van der Waals surface area contributed by atoms with Gasteiger partial charge in [0.15, 0.2) is 0 Å². The zero-order valence-electron chi connectivity index (χ0n) is 13.4. The second-order valence-corrected chi connectivity index (χ2v) is 7.63. The SMILES string of the molecule is O=C(N[C@H]1C[C@H]2C(=O)N3CCC[C@H]3C(=O)N2C1)c1cc(Cl)cc(Cl)c1. The van der Waals surface area contributed by atoms with Crippen molar-refractivity contribution < 1.29 is 14.4 Å². The van der Waals surface area contributed by atoms with Gasteiger partial charge in [0.2, 0.25) is 11.8 Å². The Morgan fingerprint density at radius 1 is 1.04 bits per heavy atom. The molecule has 0 aromatic heterocycles. The van der Waals surface area contributed by atoms with Gasteiger partial charge in [0.1, 0.15) is 12.1 Å². The van der Waals surface area contributed by atoms with Crippen molar-refractivity contribution in [1.82, 2.24) is 15.1 Å². The van der Waals surface area contributed by atoms with E-state index in [0.29, 0.717) is 35.1 Å². The Labute approximate surface area is 155 Å². The lowest BCUT2D eigenvalue weighted by molar-refractivity contribution is -0.156. The molecule has 3 heterocycles. The molecule has 0 saturated carbocycles. The second-order valence-electron chi connectivity index (χ2n) is 6.76. The van der Waals surface area contributed by atoms with Crippen LogP contribution in [0.1, 0.15) is 29.6 Å². The molecule has 1 N–H and O–H groups in total. The van der Waals surface area contributed by atoms with E-state index in [1.54, 1.807) is 15.9 Å². The van der Waals surface area contributed by atoms with Gasteiger partial charge in [-0.3, -0.25) is 14.4 Å². The number of amides is 3. The number of benzene rings is 1. The fourth-order valence-electron chi connectivity index (χ4n) is 4.04. The van der Waals surface area contributed by atoms with Crippen molar-refractivity contribution in [1.29, 1.82) is 0 Å². The average molecular weight is 382 g/mol. The number of hydrogen-bond donors (Lipinski definition) is 1. The van der Waals surface area contributed by atoms with Gasteiger partial charge in [0, 0.05) is 34.7 Å². The quantitative estimate of drug-likeness (QED) is 0.847. The van der Waals surface area contributed by atoms with Crippen LogP contribution < -0.4 is 5.32 Å². The molecule has 3 saturated heterocycles. The zero-order valence-corrected chi connectivity index (χ0v) is 14.9. The van der Waals surface area contributed by atoms with E-state index in [0.717, 1.165) is 12.8 Å². The number of hydrogen-bond acceptors (Lipinski definition) is 3. The van der Waals surface area contributed by atoms with Gasteiger partial charge in [0.25, 0.3) is 5.91 Å². The van der Waals surface area contributed by atoms with Crippen LogP contribution >= 0.6 is 23.2 Å². The summed E-state index contributed by atoms with van der Waals surface area (Å²) in [5.41, 5.74) is 0.362. The predicted octanol–water partition coefficient (Wildman–Crippen LogP) is 1.70. The highest BCUT2D eigenvalue weighted by Crippen LogP contribution is 2.32. The summed E-state index contributed by atoms with van der Waals surface area (Å²) in [7, 11) is 0. The number of carbonyl (C=O) groups is 3. The van der Waals surface area contributed by atoms with Gasteiger partial charge >= 0.3 is 0 Å². The molecule has 3 atom stereocenters. The molecule has 1 aromatic carbocycles. The molecule has 0 spiro atoms. The maximum atomic E-state index is 12.6. The molecule has 0 aliphatic carbocycles. The van der Waals surface area contributed by atoms with Crippen molar-refractivity contribution in [3.63, 3.8) is 0 Å². The fourth-order valence-corrected chi connectivity index (χ4v) is 4.57. The van der Waals surface area contributed by atoms with E-state index in [9.17, 15) is 14.4 Å². The van der Waals surface area contributed by atoms with Crippen LogP contribution in [0.5, 0.6) is 0 Å². The Bertz CT molecular complexity index is 719. The molecule has 1 aromatic rings. The normalized spacial score (nSPS) is 28.2. The summed E-state index contributed by atoms with van der Waals surface area (Å²) < 4.78 is 0. The summed E-state index contributed by atoms with van der Waals surface area (Å²) in [5.74, 6) is -0.302. The standard InChI is InChI=1S/C17H17Cl2N3O3/c18-10-4-9(5-11(19)6-10)15(23)20-12-7-14-17(25)21-3-1-2-13(21)16(24)22(14)8-12/h4-6,12-14H,1-3,7-8H2,(H,20,23)/t12-,13-,14-/m0/s1.